The summed E-state index contributed by atoms with van der Waals surface area (Å²) in [5.41, 5.74) is 2.10. The second kappa shape index (κ2) is 13.7. The van der Waals surface area contributed by atoms with Crippen LogP contribution in [-0.4, -0.2) is 96.9 Å². The van der Waals surface area contributed by atoms with Gasteiger partial charge in [0, 0.05) is 57.8 Å². The van der Waals surface area contributed by atoms with Crippen molar-refractivity contribution in [1.29, 1.82) is 0 Å². The van der Waals surface area contributed by atoms with Gasteiger partial charge in [-0.05, 0) is 68.3 Å². The largest absolute Gasteiger partial charge is 0.342 e. The van der Waals surface area contributed by atoms with Crippen molar-refractivity contribution in [1.82, 2.24) is 19.6 Å². The van der Waals surface area contributed by atoms with Gasteiger partial charge in [0.05, 0.1) is 23.0 Å². The third-order valence-corrected chi connectivity index (χ3v) is 9.81. The Bertz CT molecular complexity index is 1150. The van der Waals surface area contributed by atoms with Crippen LogP contribution in [0.2, 0.25) is 10.0 Å². The molecule has 0 saturated carbocycles. The zero-order valence-corrected chi connectivity index (χ0v) is 25.0. The Morgan fingerprint density at radius 2 is 1.45 bits per heavy atom. The molecule has 0 radical (unpaired) electrons. The highest BCUT2D eigenvalue weighted by Gasteiger charge is 2.38. The maximum absolute atomic E-state index is 13.4. The van der Waals surface area contributed by atoms with Crippen molar-refractivity contribution in [3.63, 3.8) is 0 Å². The van der Waals surface area contributed by atoms with Crippen molar-refractivity contribution >= 4 is 35.0 Å². The van der Waals surface area contributed by atoms with Gasteiger partial charge < -0.3 is 14.7 Å². The summed E-state index contributed by atoms with van der Waals surface area (Å²) < 4.78 is 0. The molecule has 8 heteroatoms. The van der Waals surface area contributed by atoms with Gasteiger partial charge in [0.25, 0.3) is 0 Å². The second-order valence-corrected chi connectivity index (χ2v) is 12.6. The van der Waals surface area contributed by atoms with E-state index >= 15 is 0 Å². The Hall–Kier alpha value is -2.12. The van der Waals surface area contributed by atoms with E-state index in [0.29, 0.717) is 29.6 Å². The van der Waals surface area contributed by atoms with E-state index in [1.807, 2.05) is 47.4 Å². The Kier molecular flexibility index (Phi) is 10.1. The molecule has 3 heterocycles. The topological polar surface area (TPSA) is 47.1 Å². The standard InChI is InChI=1S/C32H42Cl2N4O2/c33-28-11-10-27(23-29(28)34)32(13-7-17-38(25-32)30(39)22-26-8-2-1-3-9-26)12-6-14-35-18-20-36(21-19-35)24-31(40)37-15-4-5-16-37/h1-3,8-11,23H,4-7,12-22,24-25H2. The molecule has 40 heavy (non-hydrogen) atoms. The lowest BCUT2D eigenvalue weighted by Crippen LogP contribution is -2.51. The normalized spacial score (nSPS) is 22.6. The number of piperazine rings is 1. The van der Waals surface area contributed by atoms with Crippen LogP contribution in [0, 0.1) is 0 Å². The summed E-state index contributed by atoms with van der Waals surface area (Å²) in [6, 6.07) is 16.0. The molecule has 3 aliphatic heterocycles. The zero-order chi connectivity index (χ0) is 28.0. The maximum Gasteiger partial charge on any atom is 0.236 e. The molecule has 0 aromatic heterocycles. The van der Waals surface area contributed by atoms with E-state index in [9.17, 15) is 9.59 Å². The van der Waals surface area contributed by atoms with E-state index in [4.69, 9.17) is 23.2 Å². The van der Waals surface area contributed by atoms with Crippen LogP contribution in [0.5, 0.6) is 0 Å². The van der Waals surface area contributed by atoms with Crippen molar-refractivity contribution in [2.75, 3.05) is 65.4 Å². The van der Waals surface area contributed by atoms with Gasteiger partial charge in [0.1, 0.15) is 0 Å². The molecule has 5 rings (SSSR count). The van der Waals surface area contributed by atoms with Crippen molar-refractivity contribution in [3.05, 3.63) is 69.7 Å². The van der Waals surface area contributed by atoms with Crippen LogP contribution in [-0.2, 0) is 21.4 Å². The van der Waals surface area contributed by atoms with E-state index < -0.39 is 0 Å². The van der Waals surface area contributed by atoms with Gasteiger partial charge in [-0.1, -0.05) is 59.6 Å². The Balaban J connectivity index is 1.19. The lowest BCUT2D eigenvalue weighted by atomic mass is 9.71. The Morgan fingerprint density at radius 3 is 2.17 bits per heavy atom. The molecule has 3 aliphatic rings. The Labute approximate surface area is 249 Å². The molecule has 0 spiro atoms. The van der Waals surface area contributed by atoms with Crippen molar-refractivity contribution in [3.8, 4) is 0 Å². The third-order valence-electron chi connectivity index (χ3n) is 9.07. The van der Waals surface area contributed by atoms with Crippen LogP contribution in [0.4, 0.5) is 0 Å². The SMILES string of the molecule is O=C(CN1CCN(CCCC2(c3ccc(Cl)c(Cl)c3)CCCN(C(=O)Cc3ccccc3)C2)CC1)N1CCCC1. The number of rotatable bonds is 9. The number of carbonyl (C=O) groups excluding carboxylic acids is 2. The average Bonchev–Trinajstić information content (AvgIpc) is 3.52. The van der Waals surface area contributed by atoms with E-state index in [1.165, 1.54) is 5.56 Å². The number of likely N-dealkylation sites (tertiary alicyclic amines) is 2. The van der Waals surface area contributed by atoms with Crippen molar-refractivity contribution in [2.45, 2.75) is 50.4 Å². The van der Waals surface area contributed by atoms with E-state index in [-0.39, 0.29) is 17.2 Å². The highest BCUT2D eigenvalue weighted by atomic mass is 35.5. The molecule has 3 fully saturated rings. The van der Waals surface area contributed by atoms with Crippen LogP contribution in [0.1, 0.15) is 49.7 Å². The molecule has 2 amide bonds. The predicted octanol–water partition coefficient (Wildman–Crippen LogP) is 5.12. The fraction of sp³-hybridized carbons (Fsp3) is 0.562. The molecule has 2 aromatic carbocycles. The first-order valence-electron chi connectivity index (χ1n) is 14.9. The molecule has 0 N–H and O–H groups in total. The minimum atomic E-state index is -0.136. The first-order chi connectivity index (χ1) is 19.4. The predicted molar refractivity (Wildman–Crippen MR) is 162 cm³/mol. The van der Waals surface area contributed by atoms with Crippen LogP contribution in [0.15, 0.2) is 48.5 Å². The number of piperidine rings is 1. The molecule has 0 aliphatic carbocycles. The summed E-state index contributed by atoms with van der Waals surface area (Å²) in [5, 5.41) is 1.14. The van der Waals surface area contributed by atoms with E-state index in [2.05, 4.69) is 20.8 Å². The average molecular weight is 586 g/mol. The highest BCUT2D eigenvalue weighted by molar-refractivity contribution is 6.42. The molecule has 1 atom stereocenters. The summed E-state index contributed by atoms with van der Waals surface area (Å²) in [6.45, 7) is 8.82. The van der Waals surface area contributed by atoms with Gasteiger partial charge in [-0.2, -0.15) is 0 Å². The summed E-state index contributed by atoms with van der Waals surface area (Å²) in [5.74, 6) is 0.480. The first kappa shape index (κ1) is 29.4. The second-order valence-electron chi connectivity index (χ2n) is 11.8. The molecule has 3 saturated heterocycles. The lowest BCUT2D eigenvalue weighted by molar-refractivity contribution is -0.133. The lowest BCUT2D eigenvalue weighted by Gasteiger charge is -2.44. The summed E-state index contributed by atoms with van der Waals surface area (Å²) in [4.78, 5) is 34.8. The van der Waals surface area contributed by atoms with Crippen molar-refractivity contribution < 1.29 is 9.59 Å². The van der Waals surface area contributed by atoms with Gasteiger partial charge in [0.15, 0.2) is 0 Å². The van der Waals surface area contributed by atoms with Gasteiger partial charge in [-0.15, -0.1) is 0 Å². The minimum Gasteiger partial charge on any atom is -0.342 e. The minimum absolute atomic E-state index is 0.136. The number of amides is 2. The summed E-state index contributed by atoms with van der Waals surface area (Å²) >= 11 is 12.8. The molecule has 6 nitrogen and oxygen atoms in total. The smallest absolute Gasteiger partial charge is 0.236 e. The summed E-state index contributed by atoms with van der Waals surface area (Å²) in [7, 11) is 0. The van der Waals surface area contributed by atoms with E-state index in [0.717, 1.165) is 96.4 Å². The van der Waals surface area contributed by atoms with Crippen LogP contribution < -0.4 is 0 Å². The third kappa shape index (κ3) is 7.39. The Morgan fingerprint density at radius 1 is 0.750 bits per heavy atom. The number of hydrogen-bond donors (Lipinski definition) is 0. The monoisotopic (exact) mass is 584 g/mol. The van der Waals surface area contributed by atoms with Crippen LogP contribution in [0.25, 0.3) is 0 Å². The van der Waals surface area contributed by atoms with Gasteiger partial charge in [0.2, 0.25) is 11.8 Å². The molecule has 216 valence electrons. The highest BCUT2D eigenvalue weighted by Crippen LogP contribution is 2.40. The van der Waals surface area contributed by atoms with Gasteiger partial charge in [-0.25, -0.2) is 0 Å². The number of carbonyl (C=O) groups is 2. The maximum atomic E-state index is 13.4. The van der Waals surface area contributed by atoms with E-state index in [1.54, 1.807) is 0 Å². The van der Waals surface area contributed by atoms with Crippen molar-refractivity contribution in [2.24, 2.45) is 0 Å². The number of benzene rings is 2. The molecular formula is C32H42Cl2N4O2. The molecule has 2 aromatic rings. The van der Waals surface area contributed by atoms with Crippen LogP contribution in [0.3, 0.4) is 0 Å². The molecular weight excluding hydrogens is 543 g/mol. The zero-order valence-electron chi connectivity index (χ0n) is 23.5. The fourth-order valence-electron chi connectivity index (χ4n) is 6.71. The van der Waals surface area contributed by atoms with Gasteiger partial charge >= 0.3 is 0 Å². The number of hydrogen-bond acceptors (Lipinski definition) is 4. The molecule has 1 unspecified atom stereocenters. The first-order valence-corrected chi connectivity index (χ1v) is 15.7. The van der Waals surface area contributed by atoms with Gasteiger partial charge in [-0.3, -0.25) is 14.5 Å². The number of halogens is 2. The van der Waals surface area contributed by atoms with Crippen LogP contribution >= 0.6 is 23.2 Å². The molecule has 0 bridgehead atoms. The fourth-order valence-corrected chi connectivity index (χ4v) is 7.00. The quantitative estimate of drug-likeness (QED) is 0.410. The number of nitrogens with zero attached hydrogens (tertiary/aromatic N) is 4. The summed E-state index contributed by atoms with van der Waals surface area (Å²) in [6.07, 6.45) is 6.77.